The zero-order valence-corrected chi connectivity index (χ0v) is 13.5. The van der Waals surface area contributed by atoms with Crippen molar-refractivity contribution < 1.29 is 14.3 Å². The number of benzene rings is 1. The topological polar surface area (TPSA) is 84.7 Å². The number of carbonyl (C=O) groups is 2. The summed E-state index contributed by atoms with van der Waals surface area (Å²) in [5.41, 5.74) is 6.66. The minimum absolute atomic E-state index is 0.0521. The van der Waals surface area contributed by atoms with Gasteiger partial charge in [-0.15, -0.1) is 0 Å². The van der Waals surface area contributed by atoms with Gasteiger partial charge in [0.2, 0.25) is 0 Å². The number of amides is 2. The molecule has 0 aliphatic heterocycles. The Morgan fingerprint density at radius 1 is 1.23 bits per heavy atom. The van der Waals surface area contributed by atoms with E-state index >= 15 is 0 Å². The quantitative estimate of drug-likeness (QED) is 0.715. The third-order valence-corrected chi connectivity index (χ3v) is 3.19. The summed E-state index contributed by atoms with van der Waals surface area (Å²) in [4.78, 5) is 25.4. The smallest absolute Gasteiger partial charge is 0.260 e. The van der Waals surface area contributed by atoms with Crippen molar-refractivity contribution in [1.82, 2.24) is 10.2 Å². The molecule has 6 nitrogen and oxygen atoms in total. The maximum atomic E-state index is 12.1. The second kappa shape index (κ2) is 8.92. The van der Waals surface area contributed by atoms with Crippen LogP contribution in [0.25, 0.3) is 0 Å². The molecule has 0 radical (unpaired) electrons. The van der Waals surface area contributed by atoms with Crippen LogP contribution in [0.1, 0.15) is 37.0 Å². The largest absolute Gasteiger partial charge is 0.482 e. The number of rotatable bonds is 8. The Morgan fingerprint density at radius 2 is 1.86 bits per heavy atom. The lowest BCUT2D eigenvalue weighted by Crippen LogP contribution is -2.36. The van der Waals surface area contributed by atoms with Gasteiger partial charge in [0.25, 0.3) is 11.8 Å². The zero-order valence-electron chi connectivity index (χ0n) is 13.5. The third-order valence-electron chi connectivity index (χ3n) is 3.19. The molecule has 0 saturated carbocycles. The van der Waals surface area contributed by atoms with Crippen molar-refractivity contribution >= 4 is 17.5 Å². The normalized spacial score (nSPS) is 10.1. The summed E-state index contributed by atoms with van der Waals surface area (Å²) >= 11 is 0. The van der Waals surface area contributed by atoms with Crippen LogP contribution in [-0.2, 0) is 4.79 Å². The lowest BCUT2D eigenvalue weighted by atomic mass is 10.2. The maximum Gasteiger partial charge on any atom is 0.260 e. The molecule has 0 atom stereocenters. The molecule has 0 saturated heterocycles. The van der Waals surface area contributed by atoms with Gasteiger partial charge in [0.15, 0.2) is 6.61 Å². The fraction of sp³-hybridized carbons (Fsp3) is 0.500. The molecule has 0 unspecified atom stereocenters. The van der Waals surface area contributed by atoms with Gasteiger partial charge in [-0.3, -0.25) is 9.59 Å². The van der Waals surface area contributed by atoms with Crippen LogP contribution in [0.4, 0.5) is 5.69 Å². The number of nitrogen functional groups attached to an aromatic ring is 1. The standard InChI is InChI=1S/C16H25N3O3/c1-4-8-19(9-5-2)15(20)11-22-14-7-6-12(10-13(14)17)16(21)18-3/h6-7,10H,4-5,8-9,11,17H2,1-3H3,(H,18,21). The molecular formula is C16H25N3O3. The monoisotopic (exact) mass is 307 g/mol. The Morgan fingerprint density at radius 3 is 2.36 bits per heavy atom. The second-order valence-electron chi connectivity index (χ2n) is 5.00. The zero-order chi connectivity index (χ0) is 16.5. The van der Waals surface area contributed by atoms with E-state index in [9.17, 15) is 9.59 Å². The van der Waals surface area contributed by atoms with Crippen molar-refractivity contribution in [3.05, 3.63) is 23.8 Å². The molecule has 0 heterocycles. The summed E-state index contributed by atoms with van der Waals surface area (Å²) in [5.74, 6) is 0.138. The van der Waals surface area contributed by atoms with Gasteiger partial charge in [-0.05, 0) is 31.0 Å². The summed E-state index contributed by atoms with van der Waals surface area (Å²) < 4.78 is 5.49. The first kappa shape index (κ1) is 17.8. The van der Waals surface area contributed by atoms with Crippen LogP contribution >= 0.6 is 0 Å². The number of hydrogen-bond donors (Lipinski definition) is 2. The van der Waals surface area contributed by atoms with E-state index in [1.807, 2.05) is 13.8 Å². The minimum atomic E-state index is -0.216. The van der Waals surface area contributed by atoms with Crippen molar-refractivity contribution in [2.24, 2.45) is 0 Å². The highest BCUT2D eigenvalue weighted by Crippen LogP contribution is 2.22. The number of ether oxygens (including phenoxy) is 1. The fourth-order valence-corrected chi connectivity index (χ4v) is 2.10. The number of carbonyl (C=O) groups excluding carboxylic acids is 2. The lowest BCUT2D eigenvalue weighted by Gasteiger charge is -2.21. The first-order valence-electron chi connectivity index (χ1n) is 7.55. The number of nitrogens with two attached hydrogens (primary N) is 1. The van der Waals surface area contributed by atoms with E-state index in [0.29, 0.717) is 17.0 Å². The van der Waals surface area contributed by atoms with Crippen LogP contribution in [0.3, 0.4) is 0 Å². The van der Waals surface area contributed by atoms with E-state index in [1.54, 1.807) is 24.1 Å². The summed E-state index contributed by atoms with van der Waals surface area (Å²) in [5, 5.41) is 2.53. The molecule has 0 aliphatic rings. The average molecular weight is 307 g/mol. The van der Waals surface area contributed by atoms with Gasteiger partial charge in [0, 0.05) is 25.7 Å². The van der Waals surface area contributed by atoms with Crippen LogP contribution < -0.4 is 15.8 Å². The summed E-state index contributed by atoms with van der Waals surface area (Å²) in [6.07, 6.45) is 1.82. The summed E-state index contributed by atoms with van der Waals surface area (Å²) in [6.45, 7) is 5.46. The molecule has 0 fully saturated rings. The highest BCUT2D eigenvalue weighted by Gasteiger charge is 2.14. The fourth-order valence-electron chi connectivity index (χ4n) is 2.10. The molecule has 0 spiro atoms. The third kappa shape index (κ3) is 4.95. The highest BCUT2D eigenvalue weighted by atomic mass is 16.5. The predicted molar refractivity (Wildman–Crippen MR) is 86.9 cm³/mol. The lowest BCUT2D eigenvalue weighted by molar-refractivity contribution is -0.133. The first-order valence-corrected chi connectivity index (χ1v) is 7.55. The molecule has 1 aromatic rings. The van der Waals surface area contributed by atoms with Gasteiger partial charge in [-0.2, -0.15) is 0 Å². The molecule has 1 aromatic carbocycles. The van der Waals surface area contributed by atoms with Gasteiger partial charge >= 0.3 is 0 Å². The van der Waals surface area contributed by atoms with Crippen molar-refractivity contribution in [3.8, 4) is 5.75 Å². The highest BCUT2D eigenvalue weighted by molar-refractivity contribution is 5.95. The molecule has 122 valence electrons. The number of nitrogens with one attached hydrogen (secondary N) is 1. The number of nitrogens with zero attached hydrogens (tertiary/aromatic N) is 1. The van der Waals surface area contributed by atoms with Crippen molar-refractivity contribution in [2.45, 2.75) is 26.7 Å². The van der Waals surface area contributed by atoms with E-state index in [0.717, 1.165) is 25.9 Å². The van der Waals surface area contributed by atoms with E-state index in [-0.39, 0.29) is 18.4 Å². The second-order valence-corrected chi connectivity index (χ2v) is 5.00. The summed E-state index contributed by atoms with van der Waals surface area (Å²) in [7, 11) is 1.55. The molecule has 22 heavy (non-hydrogen) atoms. The molecule has 0 aliphatic carbocycles. The Labute approximate surface area is 131 Å². The molecule has 2 amide bonds. The van der Waals surface area contributed by atoms with Crippen molar-refractivity contribution in [3.63, 3.8) is 0 Å². The Kier molecular flexibility index (Phi) is 7.22. The maximum absolute atomic E-state index is 12.1. The molecule has 0 bridgehead atoms. The van der Waals surface area contributed by atoms with Gasteiger partial charge in [0.05, 0.1) is 5.69 Å². The molecule has 3 N–H and O–H groups in total. The van der Waals surface area contributed by atoms with Gasteiger partial charge in [-0.1, -0.05) is 13.8 Å². The Balaban J connectivity index is 2.67. The van der Waals surface area contributed by atoms with Crippen LogP contribution in [0.5, 0.6) is 5.75 Å². The Hall–Kier alpha value is -2.24. The van der Waals surface area contributed by atoms with Crippen LogP contribution in [0, 0.1) is 0 Å². The van der Waals surface area contributed by atoms with Crippen LogP contribution in [0.15, 0.2) is 18.2 Å². The van der Waals surface area contributed by atoms with E-state index in [1.165, 1.54) is 6.07 Å². The van der Waals surface area contributed by atoms with Crippen LogP contribution in [0.2, 0.25) is 0 Å². The van der Waals surface area contributed by atoms with Gasteiger partial charge in [-0.25, -0.2) is 0 Å². The van der Waals surface area contributed by atoms with E-state index in [4.69, 9.17) is 10.5 Å². The molecule has 0 aromatic heterocycles. The molecule has 1 rings (SSSR count). The minimum Gasteiger partial charge on any atom is -0.482 e. The van der Waals surface area contributed by atoms with E-state index < -0.39 is 0 Å². The van der Waals surface area contributed by atoms with Crippen molar-refractivity contribution in [1.29, 1.82) is 0 Å². The molecular weight excluding hydrogens is 282 g/mol. The molecule has 6 heteroatoms. The number of anilines is 1. The average Bonchev–Trinajstić information content (AvgIpc) is 2.52. The van der Waals surface area contributed by atoms with Gasteiger partial charge < -0.3 is 20.7 Å². The van der Waals surface area contributed by atoms with Crippen LogP contribution in [-0.4, -0.2) is 43.5 Å². The van der Waals surface area contributed by atoms with Crippen molar-refractivity contribution in [2.75, 3.05) is 32.5 Å². The Bertz CT molecular complexity index is 511. The predicted octanol–water partition coefficient (Wildman–Crippen LogP) is 1.66. The first-order chi connectivity index (χ1) is 10.5. The van der Waals surface area contributed by atoms with Gasteiger partial charge in [0.1, 0.15) is 5.75 Å². The summed E-state index contributed by atoms with van der Waals surface area (Å²) in [6, 6.07) is 4.76. The van der Waals surface area contributed by atoms with E-state index in [2.05, 4.69) is 5.32 Å². The number of hydrogen-bond acceptors (Lipinski definition) is 4. The SMILES string of the molecule is CCCN(CCC)C(=O)COc1ccc(C(=O)NC)cc1N.